The van der Waals surface area contributed by atoms with E-state index in [2.05, 4.69) is 5.32 Å². The SMILES string of the molecule is CC(=O)SCC1CNCC12CCCC2. The van der Waals surface area contributed by atoms with Crippen molar-refractivity contribution in [3.63, 3.8) is 0 Å². The Morgan fingerprint density at radius 3 is 2.86 bits per heavy atom. The van der Waals surface area contributed by atoms with Crippen molar-refractivity contribution < 1.29 is 4.79 Å². The lowest BCUT2D eigenvalue weighted by Crippen LogP contribution is -2.28. The first-order valence-corrected chi connectivity index (χ1v) is 6.56. The van der Waals surface area contributed by atoms with Gasteiger partial charge in [0.05, 0.1) is 0 Å². The van der Waals surface area contributed by atoms with Gasteiger partial charge in [0.1, 0.15) is 0 Å². The van der Waals surface area contributed by atoms with Crippen LogP contribution in [0, 0.1) is 11.3 Å². The van der Waals surface area contributed by atoms with Crippen molar-refractivity contribution in [1.29, 1.82) is 0 Å². The van der Waals surface area contributed by atoms with E-state index in [1.54, 1.807) is 6.92 Å². The third-order valence-corrected chi connectivity index (χ3v) is 4.80. The molecule has 1 aliphatic carbocycles. The van der Waals surface area contributed by atoms with E-state index in [0.29, 0.717) is 5.41 Å². The second-order valence-electron chi connectivity index (χ2n) is 4.70. The van der Waals surface area contributed by atoms with Crippen LogP contribution < -0.4 is 5.32 Å². The van der Waals surface area contributed by atoms with E-state index >= 15 is 0 Å². The molecule has 2 nitrogen and oxygen atoms in total. The first-order chi connectivity index (χ1) is 6.73. The molecule has 14 heavy (non-hydrogen) atoms. The second kappa shape index (κ2) is 4.23. The molecule has 1 spiro atoms. The molecule has 2 rings (SSSR count). The van der Waals surface area contributed by atoms with Crippen molar-refractivity contribution in [2.24, 2.45) is 11.3 Å². The van der Waals surface area contributed by atoms with Gasteiger partial charge in [0.25, 0.3) is 0 Å². The van der Waals surface area contributed by atoms with E-state index in [4.69, 9.17) is 0 Å². The van der Waals surface area contributed by atoms with Crippen LogP contribution in [0.15, 0.2) is 0 Å². The molecule has 0 aromatic carbocycles. The molecule has 0 aromatic heterocycles. The lowest BCUT2D eigenvalue weighted by atomic mass is 9.77. The monoisotopic (exact) mass is 213 g/mol. The maximum Gasteiger partial charge on any atom is 0.185 e. The number of carbonyl (C=O) groups is 1. The fraction of sp³-hybridized carbons (Fsp3) is 0.909. The summed E-state index contributed by atoms with van der Waals surface area (Å²) in [4.78, 5) is 10.9. The number of carbonyl (C=O) groups excluding carboxylic acids is 1. The minimum atomic E-state index is 0.269. The zero-order chi connectivity index (χ0) is 10.0. The average Bonchev–Trinajstić information content (AvgIpc) is 2.74. The van der Waals surface area contributed by atoms with E-state index in [1.807, 2.05) is 0 Å². The lowest BCUT2D eigenvalue weighted by molar-refractivity contribution is -0.109. The number of rotatable bonds is 2. The standard InChI is InChI=1S/C11H19NOS/c1-9(13)14-7-10-6-12-8-11(10)4-2-3-5-11/h10,12H,2-8H2,1H3. The fourth-order valence-electron chi connectivity index (χ4n) is 2.97. The van der Waals surface area contributed by atoms with Crippen LogP contribution in [0.1, 0.15) is 32.6 Å². The molecule has 80 valence electrons. The van der Waals surface area contributed by atoms with Crippen LogP contribution >= 0.6 is 11.8 Å². The molecule has 3 heteroatoms. The van der Waals surface area contributed by atoms with Crippen molar-refractivity contribution in [2.75, 3.05) is 18.8 Å². The molecule has 1 unspecified atom stereocenters. The summed E-state index contributed by atoms with van der Waals surface area (Å²) in [7, 11) is 0. The van der Waals surface area contributed by atoms with Crippen molar-refractivity contribution in [2.45, 2.75) is 32.6 Å². The summed E-state index contributed by atoms with van der Waals surface area (Å²) >= 11 is 1.51. The molecular formula is C11H19NOS. The molecule has 1 aliphatic heterocycles. The first-order valence-electron chi connectivity index (χ1n) is 5.57. The molecule has 1 heterocycles. The van der Waals surface area contributed by atoms with Gasteiger partial charge in [-0.05, 0) is 30.7 Å². The second-order valence-corrected chi connectivity index (χ2v) is 5.90. The van der Waals surface area contributed by atoms with E-state index < -0.39 is 0 Å². The summed E-state index contributed by atoms with van der Waals surface area (Å²) in [5.74, 6) is 1.77. The number of nitrogens with one attached hydrogen (secondary N) is 1. The van der Waals surface area contributed by atoms with E-state index in [9.17, 15) is 4.79 Å². The number of thioether (sulfide) groups is 1. The van der Waals surface area contributed by atoms with Crippen LogP contribution in [0.2, 0.25) is 0 Å². The Morgan fingerprint density at radius 1 is 1.50 bits per heavy atom. The van der Waals surface area contributed by atoms with Crippen LogP contribution in [0.25, 0.3) is 0 Å². The van der Waals surface area contributed by atoms with Gasteiger partial charge in [-0.25, -0.2) is 0 Å². The van der Waals surface area contributed by atoms with Gasteiger partial charge in [-0.1, -0.05) is 24.6 Å². The quantitative estimate of drug-likeness (QED) is 0.761. The molecule has 0 radical (unpaired) electrons. The third kappa shape index (κ3) is 1.98. The smallest absolute Gasteiger partial charge is 0.185 e. The molecule has 1 N–H and O–H groups in total. The first kappa shape index (κ1) is 10.5. The van der Waals surface area contributed by atoms with E-state index in [-0.39, 0.29) is 5.12 Å². The van der Waals surface area contributed by atoms with Crippen LogP contribution in [-0.4, -0.2) is 24.0 Å². The molecule has 0 aromatic rings. The van der Waals surface area contributed by atoms with Gasteiger partial charge in [0.2, 0.25) is 0 Å². The van der Waals surface area contributed by atoms with Gasteiger partial charge in [-0.3, -0.25) is 4.79 Å². The maximum atomic E-state index is 10.9. The molecule has 1 saturated carbocycles. The van der Waals surface area contributed by atoms with Crippen molar-refractivity contribution in [1.82, 2.24) is 5.32 Å². The number of hydrogen-bond acceptors (Lipinski definition) is 3. The highest BCUT2D eigenvalue weighted by Gasteiger charge is 2.44. The normalized spacial score (nSPS) is 29.9. The molecule has 2 fully saturated rings. The topological polar surface area (TPSA) is 29.1 Å². The van der Waals surface area contributed by atoms with Gasteiger partial charge < -0.3 is 5.32 Å². The summed E-state index contributed by atoms with van der Waals surface area (Å²) in [6.07, 6.45) is 5.54. The van der Waals surface area contributed by atoms with Gasteiger partial charge in [-0.2, -0.15) is 0 Å². The summed E-state index contributed by atoms with van der Waals surface area (Å²) in [6.45, 7) is 3.99. The van der Waals surface area contributed by atoms with Crippen LogP contribution in [0.5, 0.6) is 0 Å². The summed E-state index contributed by atoms with van der Waals surface area (Å²) in [6, 6.07) is 0. The van der Waals surface area contributed by atoms with E-state index in [1.165, 1.54) is 44.0 Å². The number of hydrogen-bond donors (Lipinski definition) is 1. The molecule has 0 amide bonds. The molecule has 2 aliphatic rings. The van der Waals surface area contributed by atoms with Crippen molar-refractivity contribution >= 4 is 16.9 Å². The summed E-state index contributed by atoms with van der Waals surface area (Å²) in [5.41, 5.74) is 0.558. The van der Waals surface area contributed by atoms with Crippen molar-refractivity contribution in [3.05, 3.63) is 0 Å². The Bertz CT molecular complexity index is 218. The third-order valence-electron chi connectivity index (χ3n) is 3.82. The Morgan fingerprint density at radius 2 is 2.21 bits per heavy atom. The van der Waals surface area contributed by atoms with E-state index in [0.717, 1.165) is 18.2 Å². The van der Waals surface area contributed by atoms with Gasteiger partial charge in [-0.15, -0.1) is 0 Å². The zero-order valence-electron chi connectivity index (χ0n) is 8.84. The highest BCUT2D eigenvalue weighted by molar-refractivity contribution is 8.13. The highest BCUT2D eigenvalue weighted by atomic mass is 32.2. The van der Waals surface area contributed by atoms with Crippen molar-refractivity contribution in [3.8, 4) is 0 Å². The fourth-order valence-corrected chi connectivity index (χ4v) is 3.88. The summed E-state index contributed by atoms with van der Waals surface area (Å²) < 4.78 is 0. The van der Waals surface area contributed by atoms with Crippen LogP contribution in [0.3, 0.4) is 0 Å². The minimum Gasteiger partial charge on any atom is -0.316 e. The minimum absolute atomic E-state index is 0.269. The lowest BCUT2D eigenvalue weighted by Gasteiger charge is -2.29. The molecule has 1 saturated heterocycles. The zero-order valence-corrected chi connectivity index (χ0v) is 9.66. The Labute approximate surface area is 90.2 Å². The highest BCUT2D eigenvalue weighted by Crippen LogP contribution is 2.47. The molecular weight excluding hydrogens is 194 g/mol. The predicted octanol–water partition coefficient (Wildman–Crippen LogP) is 2.05. The Kier molecular flexibility index (Phi) is 3.17. The predicted molar refractivity (Wildman–Crippen MR) is 60.4 cm³/mol. The molecule has 0 bridgehead atoms. The largest absolute Gasteiger partial charge is 0.316 e. The van der Waals surface area contributed by atoms with Gasteiger partial charge in [0.15, 0.2) is 5.12 Å². The van der Waals surface area contributed by atoms with Crippen LogP contribution in [0.4, 0.5) is 0 Å². The van der Waals surface area contributed by atoms with Crippen LogP contribution in [-0.2, 0) is 4.79 Å². The maximum absolute atomic E-state index is 10.9. The summed E-state index contributed by atoms with van der Waals surface area (Å²) in [5, 5.41) is 3.77. The Hall–Kier alpha value is -0.0200. The Balaban J connectivity index is 1.93. The van der Waals surface area contributed by atoms with Gasteiger partial charge >= 0.3 is 0 Å². The van der Waals surface area contributed by atoms with Gasteiger partial charge in [0, 0.05) is 19.2 Å². The average molecular weight is 213 g/mol. The molecule has 1 atom stereocenters.